The second-order valence-corrected chi connectivity index (χ2v) is 5.83. The van der Waals surface area contributed by atoms with Crippen LogP contribution in [-0.2, 0) is 10.0 Å². The number of nitrogens with zero attached hydrogens (tertiary/aromatic N) is 3. The Hall–Kier alpha value is -1.67. The third-order valence-electron chi connectivity index (χ3n) is 2.37. The van der Waals surface area contributed by atoms with Gasteiger partial charge in [-0.1, -0.05) is 6.07 Å². The number of aryl methyl sites for hydroxylation is 1. The lowest BCUT2D eigenvalue weighted by Crippen LogP contribution is -2.18. The molecule has 0 unspecified atom stereocenters. The molecule has 8 heteroatoms. The Morgan fingerprint density at radius 3 is 2.94 bits per heavy atom. The van der Waals surface area contributed by atoms with Crippen LogP contribution in [0.3, 0.4) is 0 Å². The van der Waals surface area contributed by atoms with E-state index in [1.54, 1.807) is 4.52 Å². The zero-order valence-corrected chi connectivity index (χ0v) is 10.8. The number of aromatic nitrogens is 3. The first kappa shape index (κ1) is 12.8. The van der Waals surface area contributed by atoms with E-state index in [-0.39, 0.29) is 5.75 Å². The van der Waals surface area contributed by atoms with Gasteiger partial charge in [0.05, 0.1) is 5.75 Å². The van der Waals surface area contributed by atoms with Gasteiger partial charge in [-0.25, -0.2) is 18.1 Å². The van der Waals surface area contributed by atoms with Gasteiger partial charge in [-0.05, 0) is 25.0 Å². The Kier molecular flexibility index (Phi) is 3.48. The topological polar surface area (TPSA) is 102 Å². The average Bonchev–Trinajstić information content (AvgIpc) is 2.65. The predicted octanol–water partition coefficient (Wildman–Crippen LogP) is 0.128. The van der Waals surface area contributed by atoms with Crippen molar-refractivity contribution in [3.05, 3.63) is 23.9 Å². The van der Waals surface area contributed by atoms with E-state index in [9.17, 15) is 8.42 Å². The molecule has 2 aromatic rings. The molecule has 2 rings (SSSR count). The fourth-order valence-electron chi connectivity index (χ4n) is 1.53. The summed E-state index contributed by atoms with van der Waals surface area (Å²) >= 11 is 0. The van der Waals surface area contributed by atoms with Crippen molar-refractivity contribution >= 4 is 21.6 Å². The van der Waals surface area contributed by atoms with E-state index in [0.29, 0.717) is 18.9 Å². The minimum atomic E-state index is -3.39. The second-order valence-electron chi connectivity index (χ2n) is 4.09. The number of anilines is 1. The maximum atomic E-state index is 10.7. The molecule has 0 saturated carbocycles. The zero-order valence-electron chi connectivity index (χ0n) is 10.00. The first-order chi connectivity index (χ1) is 8.44. The molecule has 0 fully saturated rings. The highest BCUT2D eigenvalue weighted by Crippen LogP contribution is 2.06. The van der Waals surface area contributed by atoms with Crippen molar-refractivity contribution in [2.24, 2.45) is 5.14 Å². The van der Waals surface area contributed by atoms with Gasteiger partial charge < -0.3 is 5.32 Å². The fraction of sp³-hybridized carbons (Fsp3) is 0.400. The van der Waals surface area contributed by atoms with Crippen LogP contribution in [0.25, 0.3) is 5.65 Å². The molecule has 0 aromatic carbocycles. The molecular formula is C10H15N5O2S. The fourth-order valence-corrected chi connectivity index (χ4v) is 2.08. The first-order valence-corrected chi connectivity index (χ1v) is 7.23. The summed E-state index contributed by atoms with van der Waals surface area (Å²) in [6.45, 7) is 2.44. The van der Waals surface area contributed by atoms with Crippen LogP contribution >= 0.6 is 0 Å². The molecule has 0 bridgehead atoms. The maximum Gasteiger partial charge on any atom is 0.243 e. The van der Waals surface area contributed by atoms with Crippen molar-refractivity contribution in [1.29, 1.82) is 0 Å². The van der Waals surface area contributed by atoms with Crippen molar-refractivity contribution < 1.29 is 8.42 Å². The lowest BCUT2D eigenvalue weighted by Gasteiger charge is -1.99. The van der Waals surface area contributed by atoms with E-state index in [1.165, 1.54) is 0 Å². The highest BCUT2D eigenvalue weighted by atomic mass is 32.2. The van der Waals surface area contributed by atoms with Crippen LogP contribution < -0.4 is 10.5 Å². The second kappa shape index (κ2) is 4.91. The van der Waals surface area contributed by atoms with Gasteiger partial charge in [0.15, 0.2) is 5.65 Å². The Morgan fingerprint density at radius 1 is 1.44 bits per heavy atom. The number of hydrogen-bond donors (Lipinski definition) is 2. The molecule has 7 nitrogen and oxygen atoms in total. The highest BCUT2D eigenvalue weighted by molar-refractivity contribution is 7.89. The van der Waals surface area contributed by atoms with Gasteiger partial charge in [-0.3, -0.25) is 0 Å². The minimum absolute atomic E-state index is 0.0491. The molecule has 18 heavy (non-hydrogen) atoms. The maximum absolute atomic E-state index is 10.7. The van der Waals surface area contributed by atoms with Crippen LogP contribution in [0.2, 0.25) is 0 Å². The predicted molar refractivity (Wildman–Crippen MR) is 68.8 cm³/mol. The van der Waals surface area contributed by atoms with Crippen LogP contribution in [0, 0.1) is 6.92 Å². The van der Waals surface area contributed by atoms with Crippen LogP contribution in [0.4, 0.5) is 5.95 Å². The number of primary sulfonamides is 1. The van der Waals surface area contributed by atoms with E-state index >= 15 is 0 Å². The highest BCUT2D eigenvalue weighted by Gasteiger charge is 2.04. The average molecular weight is 269 g/mol. The molecule has 0 atom stereocenters. The molecule has 0 aliphatic rings. The number of fused-ring (bicyclic) bond motifs is 1. The van der Waals surface area contributed by atoms with Crippen LogP contribution in [0.15, 0.2) is 18.3 Å². The molecular weight excluding hydrogens is 254 g/mol. The Morgan fingerprint density at radius 2 is 2.22 bits per heavy atom. The van der Waals surface area contributed by atoms with Gasteiger partial charge >= 0.3 is 0 Å². The summed E-state index contributed by atoms with van der Waals surface area (Å²) in [7, 11) is -3.39. The molecule has 0 radical (unpaired) electrons. The standard InChI is InChI=1S/C10H15N5O2S/c1-8-3-4-9-13-10(14-15(9)7-8)12-5-2-6-18(11,16)17/h3-4,7H,2,5-6H2,1H3,(H,12,14)(H2,11,16,17). The van der Waals surface area contributed by atoms with E-state index in [1.807, 2.05) is 25.3 Å². The van der Waals surface area contributed by atoms with E-state index in [4.69, 9.17) is 5.14 Å². The molecule has 2 heterocycles. The number of rotatable bonds is 5. The van der Waals surface area contributed by atoms with Crippen LogP contribution in [-0.4, -0.2) is 35.3 Å². The third kappa shape index (κ3) is 3.41. The van der Waals surface area contributed by atoms with Crippen LogP contribution in [0.1, 0.15) is 12.0 Å². The Labute approximate surface area is 105 Å². The summed E-state index contributed by atoms with van der Waals surface area (Å²) in [6, 6.07) is 3.83. The summed E-state index contributed by atoms with van der Waals surface area (Å²) < 4.78 is 23.1. The quantitative estimate of drug-likeness (QED) is 0.751. The van der Waals surface area contributed by atoms with E-state index in [2.05, 4.69) is 15.4 Å². The van der Waals surface area contributed by atoms with E-state index in [0.717, 1.165) is 11.2 Å². The molecule has 0 spiro atoms. The van der Waals surface area contributed by atoms with Crippen molar-refractivity contribution in [2.75, 3.05) is 17.6 Å². The van der Waals surface area contributed by atoms with Gasteiger partial charge in [-0.2, -0.15) is 4.98 Å². The molecule has 3 N–H and O–H groups in total. The lowest BCUT2D eigenvalue weighted by atomic mass is 10.3. The number of pyridine rings is 1. The molecule has 0 aliphatic carbocycles. The zero-order chi connectivity index (χ0) is 13.2. The summed E-state index contributed by atoms with van der Waals surface area (Å²) in [5.41, 5.74) is 1.84. The Bertz CT molecular complexity index is 649. The SMILES string of the molecule is Cc1ccc2nc(NCCCS(N)(=O)=O)nn2c1. The van der Waals surface area contributed by atoms with Gasteiger partial charge in [0.25, 0.3) is 0 Å². The third-order valence-corrected chi connectivity index (χ3v) is 3.23. The number of sulfonamides is 1. The molecule has 0 saturated heterocycles. The smallest absolute Gasteiger partial charge is 0.243 e. The van der Waals surface area contributed by atoms with Crippen molar-refractivity contribution in [1.82, 2.24) is 14.6 Å². The summed E-state index contributed by atoms with van der Waals surface area (Å²) in [5, 5.41) is 12.1. The lowest BCUT2D eigenvalue weighted by molar-refractivity contribution is 0.595. The summed E-state index contributed by atoms with van der Waals surface area (Å²) in [4.78, 5) is 4.25. The number of nitrogens with two attached hydrogens (primary N) is 1. The molecule has 98 valence electrons. The van der Waals surface area contributed by atoms with Gasteiger partial charge in [0, 0.05) is 12.7 Å². The Balaban J connectivity index is 1.96. The van der Waals surface area contributed by atoms with Crippen LogP contribution in [0.5, 0.6) is 0 Å². The van der Waals surface area contributed by atoms with Crippen molar-refractivity contribution in [3.63, 3.8) is 0 Å². The number of nitrogens with one attached hydrogen (secondary N) is 1. The van der Waals surface area contributed by atoms with Gasteiger partial charge in [-0.15, -0.1) is 5.10 Å². The normalized spacial score (nSPS) is 11.9. The molecule has 0 amide bonds. The van der Waals surface area contributed by atoms with Gasteiger partial charge in [0.1, 0.15) is 0 Å². The van der Waals surface area contributed by atoms with Crippen molar-refractivity contribution in [2.45, 2.75) is 13.3 Å². The largest absolute Gasteiger partial charge is 0.353 e. The summed E-state index contributed by atoms with van der Waals surface area (Å²) in [5.74, 6) is 0.432. The van der Waals surface area contributed by atoms with Crippen molar-refractivity contribution in [3.8, 4) is 0 Å². The van der Waals surface area contributed by atoms with Gasteiger partial charge in [0.2, 0.25) is 16.0 Å². The van der Waals surface area contributed by atoms with E-state index < -0.39 is 10.0 Å². The number of hydrogen-bond acceptors (Lipinski definition) is 5. The summed E-state index contributed by atoms with van der Waals surface area (Å²) in [6.07, 6.45) is 2.30. The first-order valence-electron chi connectivity index (χ1n) is 5.51. The monoisotopic (exact) mass is 269 g/mol. The molecule has 2 aromatic heterocycles. The molecule has 0 aliphatic heterocycles. The minimum Gasteiger partial charge on any atom is -0.353 e.